The summed E-state index contributed by atoms with van der Waals surface area (Å²) in [5.41, 5.74) is 8.94. The number of thiophene rings is 1. The van der Waals surface area contributed by atoms with E-state index >= 15 is 0 Å². The zero-order chi connectivity index (χ0) is 13.7. The van der Waals surface area contributed by atoms with Gasteiger partial charge in [-0.2, -0.15) is 0 Å². The van der Waals surface area contributed by atoms with Crippen LogP contribution >= 0.6 is 11.3 Å². The second-order valence-corrected chi connectivity index (χ2v) is 5.52. The van der Waals surface area contributed by atoms with E-state index in [0.29, 0.717) is 6.61 Å². The van der Waals surface area contributed by atoms with E-state index in [4.69, 9.17) is 10.5 Å². The average molecular weight is 276 g/mol. The topological polar surface area (TPSA) is 47.3 Å². The Hall–Kier alpha value is -1.68. The first-order valence-electron chi connectivity index (χ1n) is 6.49. The van der Waals surface area contributed by atoms with Crippen molar-refractivity contribution in [3.63, 3.8) is 0 Å². The lowest BCUT2D eigenvalue weighted by Crippen LogP contribution is -2.01. The molecule has 0 amide bonds. The van der Waals surface area contributed by atoms with Gasteiger partial charge in [0.1, 0.15) is 5.75 Å². The van der Waals surface area contributed by atoms with Gasteiger partial charge < -0.3 is 15.8 Å². The van der Waals surface area contributed by atoms with E-state index in [1.54, 1.807) is 11.3 Å². The monoisotopic (exact) mass is 276 g/mol. The summed E-state index contributed by atoms with van der Waals surface area (Å²) in [6, 6.07) is 7.92. The van der Waals surface area contributed by atoms with Crippen molar-refractivity contribution in [2.24, 2.45) is 0 Å². The summed E-state index contributed by atoms with van der Waals surface area (Å²) in [4.78, 5) is 1.35. The predicted molar refractivity (Wildman–Crippen MR) is 83.0 cm³/mol. The number of nitrogens with two attached hydrogens (primary N) is 1. The molecule has 102 valence electrons. The first kappa shape index (κ1) is 13.7. The summed E-state index contributed by atoms with van der Waals surface area (Å²) >= 11 is 1.77. The average Bonchev–Trinajstić information content (AvgIpc) is 2.79. The van der Waals surface area contributed by atoms with Crippen LogP contribution < -0.4 is 15.8 Å². The van der Waals surface area contributed by atoms with E-state index in [2.05, 4.69) is 30.6 Å². The van der Waals surface area contributed by atoms with Gasteiger partial charge in [0.2, 0.25) is 0 Å². The maximum absolute atomic E-state index is 5.89. The Bertz CT molecular complexity index is 537. The molecule has 1 heterocycles. The summed E-state index contributed by atoms with van der Waals surface area (Å²) < 4.78 is 5.62. The lowest BCUT2D eigenvalue weighted by atomic mass is 10.2. The predicted octanol–water partition coefficient (Wildman–Crippen LogP) is 4.04. The highest BCUT2D eigenvalue weighted by Crippen LogP contribution is 2.24. The van der Waals surface area contributed by atoms with Crippen molar-refractivity contribution >= 4 is 22.7 Å². The van der Waals surface area contributed by atoms with Crippen LogP contribution in [0.4, 0.5) is 11.4 Å². The fourth-order valence-electron chi connectivity index (χ4n) is 1.79. The van der Waals surface area contributed by atoms with E-state index in [1.807, 2.05) is 18.2 Å². The standard InChI is InChI=1S/C15H20N2OS/c1-3-5-18-14-8-12(16)7-13(9-14)17-10-15-11(2)4-6-19-15/h4,6-9,17H,3,5,10,16H2,1-2H3. The Kier molecular flexibility index (Phi) is 4.68. The molecule has 1 aromatic heterocycles. The minimum Gasteiger partial charge on any atom is -0.493 e. The van der Waals surface area contributed by atoms with Gasteiger partial charge in [-0.25, -0.2) is 0 Å². The normalized spacial score (nSPS) is 10.4. The van der Waals surface area contributed by atoms with Crippen molar-refractivity contribution in [3.8, 4) is 5.75 Å². The first-order valence-corrected chi connectivity index (χ1v) is 7.37. The highest BCUT2D eigenvalue weighted by Gasteiger charge is 2.02. The van der Waals surface area contributed by atoms with Crippen molar-refractivity contribution in [1.82, 2.24) is 0 Å². The first-order chi connectivity index (χ1) is 9.19. The van der Waals surface area contributed by atoms with Gasteiger partial charge in [-0.15, -0.1) is 11.3 Å². The van der Waals surface area contributed by atoms with E-state index in [0.717, 1.165) is 30.1 Å². The van der Waals surface area contributed by atoms with Crippen molar-refractivity contribution in [2.45, 2.75) is 26.8 Å². The zero-order valence-corrected chi connectivity index (χ0v) is 12.2. The number of anilines is 2. The second kappa shape index (κ2) is 6.48. The molecule has 0 atom stereocenters. The molecule has 3 nitrogen and oxygen atoms in total. The van der Waals surface area contributed by atoms with Gasteiger partial charge in [-0.3, -0.25) is 0 Å². The molecule has 0 fully saturated rings. The highest BCUT2D eigenvalue weighted by molar-refractivity contribution is 7.10. The molecular weight excluding hydrogens is 256 g/mol. The number of hydrogen-bond acceptors (Lipinski definition) is 4. The molecule has 0 saturated heterocycles. The maximum atomic E-state index is 5.89. The summed E-state index contributed by atoms with van der Waals surface area (Å²) in [7, 11) is 0. The Morgan fingerprint density at radius 1 is 1.32 bits per heavy atom. The second-order valence-electron chi connectivity index (χ2n) is 4.52. The molecule has 2 aromatic rings. The zero-order valence-electron chi connectivity index (χ0n) is 11.4. The third kappa shape index (κ3) is 3.89. The van der Waals surface area contributed by atoms with Gasteiger partial charge in [0.15, 0.2) is 0 Å². The number of ether oxygens (including phenoxy) is 1. The van der Waals surface area contributed by atoms with Gasteiger partial charge in [0, 0.05) is 34.9 Å². The molecule has 0 radical (unpaired) electrons. The minimum absolute atomic E-state index is 0.715. The minimum atomic E-state index is 0.715. The fraction of sp³-hybridized carbons (Fsp3) is 0.333. The molecule has 1 aromatic carbocycles. The van der Waals surface area contributed by atoms with Crippen LogP contribution in [0.5, 0.6) is 5.75 Å². The molecule has 0 aliphatic carbocycles. The van der Waals surface area contributed by atoms with Crippen LogP contribution in [0, 0.1) is 6.92 Å². The van der Waals surface area contributed by atoms with E-state index in [1.165, 1.54) is 10.4 Å². The van der Waals surface area contributed by atoms with Crippen LogP contribution in [0.1, 0.15) is 23.8 Å². The number of nitrogens with one attached hydrogen (secondary N) is 1. The molecule has 3 N–H and O–H groups in total. The molecule has 2 rings (SSSR count). The fourth-order valence-corrected chi connectivity index (χ4v) is 2.64. The summed E-state index contributed by atoms with van der Waals surface area (Å²) in [6.07, 6.45) is 0.992. The van der Waals surface area contributed by atoms with Crippen molar-refractivity contribution in [2.75, 3.05) is 17.7 Å². The van der Waals surface area contributed by atoms with E-state index < -0.39 is 0 Å². The Morgan fingerprint density at radius 3 is 2.84 bits per heavy atom. The van der Waals surface area contributed by atoms with Crippen LogP contribution in [0.25, 0.3) is 0 Å². The Balaban J connectivity index is 2.03. The lowest BCUT2D eigenvalue weighted by Gasteiger charge is -2.10. The third-order valence-electron chi connectivity index (χ3n) is 2.82. The Morgan fingerprint density at radius 2 is 2.16 bits per heavy atom. The van der Waals surface area contributed by atoms with E-state index in [9.17, 15) is 0 Å². The summed E-state index contributed by atoms with van der Waals surface area (Å²) in [5, 5.41) is 5.51. The SMILES string of the molecule is CCCOc1cc(N)cc(NCc2sccc2C)c1. The van der Waals surface area contributed by atoms with Gasteiger partial charge in [-0.05, 0) is 36.4 Å². The summed E-state index contributed by atoms with van der Waals surface area (Å²) in [5.74, 6) is 0.826. The molecule has 4 heteroatoms. The van der Waals surface area contributed by atoms with Crippen LogP contribution in [0.2, 0.25) is 0 Å². The van der Waals surface area contributed by atoms with Crippen LogP contribution in [0.3, 0.4) is 0 Å². The lowest BCUT2D eigenvalue weighted by molar-refractivity contribution is 0.318. The molecule has 0 bridgehead atoms. The van der Waals surface area contributed by atoms with Crippen LogP contribution in [0.15, 0.2) is 29.6 Å². The molecule has 0 unspecified atom stereocenters. The van der Waals surface area contributed by atoms with Crippen LogP contribution in [-0.2, 0) is 6.54 Å². The maximum Gasteiger partial charge on any atom is 0.123 e. The van der Waals surface area contributed by atoms with E-state index in [-0.39, 0.29) is 0 Å². The van der Waals surface area contributed by atoms with Gasteiger partial charge >= 0.3 is 0 Å². The number of hydrogen-bond donors (Lipinski definition) is 2. The van der Waals surface area contributed by atoms with Crippen molar-refractivity contribution < 1.29 is 4.74 Å². The molecule has 0 saturated carbocycles. The number of benzene rings is 1. The number of aryl methyl sites for hydroxylation is 1. The Labute approximate surface area is 118 Å². The number of rotatable bonds is 6. The third-order valence-corrected chi connectivity index (χ3v) is 3.85. The molecule has 0 aliphatic heterocycles. The van der Waals surface area contributed by atoms with Crippen molar-refractivity contribution in [1.29, 1.82) is 0 Å². The molecule has 0 aliphatic rings. The van der Waals surface area contributed by atoms with Gasteiger partial charge in [0.05, 0.1) is 6.61 Å². The molecule has 0 spiro atoms. The largest absolute Gasteiger partial charge is 0.493 e. The van der Waals surface area contributed by atoms with Gasteiger partial charge in [-0.1, -0.05) is 6.92 Å². The number of nitrogen functional groups attached to an aromatic ring is 1. The van der Waals surface area contributed by atoms with Crippen molar-refractivity contribution in [3.05, 3.63) is 40.1 Å². The van der Waals surface area contributed by atoms with Crippen LogP contribution in [-0.4, -0.2) is 6.61 Å². The highest BCUT2D eigenvalue weighted by atomic mass is 32.1. The smallest absolute Gasteiger partial charge is 0.123 e. The summed E-state index contributed by atoms with van der Waals surface area (Å²) in [6.45, 7) is 5.75. The molecule has 19 heavy (non-hydrogen) atoms. The quantitative estimate of drug-likeness (QED) is 0.783. The molecular formula is C15H20N2OS. The van der Waals surface area contributed by atoms with Gasteiger partial charge in [0.25, 0.3) is 0 Å².